The van der Waals surface area contributed by atoms with Gasteiger partial charge in [-0.05, 0) is 41.4 Å². The lowest BCUT2D eigenvalue weighted by molar-refractivity contribution is -0.383. The molecule has 1 amide bonds. The van der Waals surface area contributed by atoms with Crippen LogP contribution in [0.15, 0.2) is 47.1 Å². The maximum absolute atomic E-state index is 12.3. The Hall–Kier alpha value is -3.49. The molecule has 9 heteroatoms. The monoisotopic (exact) mass is 367 g/mol. The molecule has 4 rings (SSSR count). The molecular weight excluding hydrogens is 350 g/mol. The van der Waals surface area contributed by atoms with E-state index >= 15 is 0 Å². The van der Waals surface area contributed by atoms with Gasteiger partial charge in [-0.3, -0.25) is 14.9 Å². The Bertz CT molecular complexity index is 980. The first-order valence-electron chi connectivity index (χ1n) is 8.64. The standard InChI is InChI=1S/C18H17N5O4/c24-18(12-4-2-1-3-5-12)19-13-8-10-22(11-9-13)14-6-7-15(23(25)26)17-16(14)20-27-21-17/h1-7,13H,8-11H2,(H,19,24). The Balaban J connectivity index is 1.45. The molecule has 1 aromatic heterocycles. The molecule has 0 radical (unpaired) electrons. The van der Waals surface area contributed by atoms with Crippen LogP contribution >= 0.6 is 0 Å². The summed E-state index contributed by atoms with van der Waals surface area (Å²) in [6, 6.07) is 12.3. The van der Waals surface area contributed by atoms with E-state index in [0.29, 0.717) is 24.2 Å². The Morgan fingerprint density at radius 1 is 1.11 bits per heavy atom. The largest absolute Gasteiger partial charge is 0.369 e. The molecule has 0 atom stereocenters. The van der Waals surface area contributed by atoms with E-state index in [1.54, 1.807) is 18.2 Å². The average molecular weight is 367 g/mol. The van der Waals surface area contributed by atoms with Crippen molar-refractivity contribution >= 4 is 28.3 Å². The molecule has 0 bridgehead atoms. The van der Waals surface area contributed by atoms with Gasteiger partial charge in [-0.2, -0.15) is 0 Å². The molecule has 0 saturated carbocycles. The molecule has 0 unspecified atom stereocenters. The maximum Gasteiger partial charge on any atom is 0.300 e. The second-order valence-corrected chi connectivity index (χ2v) is 6.42. The van der Waals surface area contributed by atoms with Crippen LogP contribution in [0.2, 0.25) is 0 Å². The molecule has 1 N–H and O–H groups in total. The van der Waals surface area contributed by atoms with Crippen molar-refractivity contribution in [2.75, 3.05) is 18.0 Å². The number of non-ortho nitro benzene ring substituents is 1. The molecule has 3 aromatic rings. The van der Waals surface area contributed by atoms with E-state index in [1.807, 2.05) is 18.2 Å². The van der Waals surface area contributed by atoms with Crippen molar-refractivity contribution in [3.8, 4) is 0 Å². The minimum atomic E-state index is -0.498. The predicted octanol–water partition coefficient (Wildman–Crippen LogP) is 2.53. The Morgan fingerprint density at radius 3 is 2.52 bits per heavy atom. The summed E-state index contributed by atoms with van der Waals surface area (Å²) in [7, 11) is 0. The van der Waals surface area contributed by atoms with E-state index in [1.165, 1.54) is 6.07 Å². The minimum Gasteiger partial charge on any atom is -0.369 e. The number of nitrogens with one attached hydrogen (secondary N) is 1. The zero-order chi connectivity index (χ0) is 18.8. The Kier molecular flexibility index (Phi) is 4.41. The molecular formula is C18H17N5O4. The van der Waals surface area contributed by atoms with Gasteiger partial charge in [-0.25, -0.2) is 4.63 Å². The molecule has 1 aliphatic rings. The number of nitrogens with zero attached hydrogens (tertiary/aromatic N) is 4. The van der Waals surface area contributed by atoms with Gasteiger partial charge in [0.2, 0.25) is 5.52 Å². The predicted molar refractivity (Wildman–Crippen MR) is 97.6 cm³/mol. The van der Waals surface area contributed by atoms with Crippen molar-refractivity contribution in [3.63, 3.8) is 0 Å². The number of nitro groups is 1. The minimum absolute atomic E-state index is 0.0764. The van der Waals surface area contributed by atoms with Crippen LogP contribution in [0.5, 0.6) is 0 Å². The van der Waals surface area contributed by atoms with Crippen LogP contribution in [0.25, 0.3) is 11.0 Å². The molecule has 2 aromatic carbocycles. The summed E-state index contributed by atoms with van der Waals surface area (Å²) < 4.78 is 4.72. The number of benzene rings is 2. The highest BCUT2D eigenvalue weighted by molar-refractivity contribution is 5.95. The molecule has 2 heterocycles. The number of carbonyl (C=O) groups excluding carboxylic acids is 1. The highest BCUT2D eigenvalue weighted by Crippen LogP contribution is 2.32. The van der Waals surface area contributed by atoms with E-state index in [2.05, 4.69) is 20.5 Å². The number of aromatic nitrogens is 2. The third-order valence-corrected chi connectivity index (χ3v) is 4.78. The third-order valence-electron chi connectivity index (χ3n) is 4.78. The van der Waals surface area contributed by atoms with Crippen LogP contribution in [0, 0.1) is 10.1 Å². The fourth-order valence-electron chi connectivity index (χ4n) is 3.37. The van der Waals surface area contributed by atoms with Crippen molar-refractivity contribution in [3.05, 3.63) is 58.1 Å². The Labute approximate surface area is 154 Å². The summed E-state index contributed by atoms with van der Waals surface area (Å²) in [5.41, 5.74) is 1.81. The number of rotatable bonds is 4. The highest BCUT2D eigenvalue weighted by atomic mass is 16.6. The van der Waals surface area contributed by atoms with E-state index in [4.69, 9.17) is 4.63 Å². The summed E-state index contributed by atoms with van der Waals surface area (Å²) >= 11 is 0. The summed E-state index contributed by atoms with van der Waals surface area (Å²) in [5.74, 6) is -0.0764. The number of anilines is 1. The van der Waals surface area contributed by atoms with E-state index < -0.39 is 4.92 Å². The highest BCUT2D eigenvalue weighted by Gasteiger charge is 2.26. The smallest absolute Gasteiger partial charge is 0.300 e. The first-order valence-corrected chi connectivity index (χ1v) is 8.64. The second kappa shape index (κ2) is 7.02. The molecule has 9 nitrogen and oxygen atoms in total. The number of nitro benzene ring substituents is 1. The van der Waals surface area contributed by atoms with Crippen LogP contribution < -0.4 is 10.2 Å². The summed E-state index contributed by atoms with van der Waals surface area (Å²) in [4.78, 5) is 25.0. The van der Waals surface area contributed by atoms with Gasteiger partial charge >= 0.3 is 5.69 Å². The third kappa shape index (κ3) is 3.31. The Morgan fingerprint density at radius 2 is 1.81 bits per heavy atom. The number of hydrogen-bond donors (Lipinski definition) is 1. The van der Waals surface area contributed by atoms with Gasteiger partial charge in [0.05, 0.1) is 10.6 Å². The molecule has 1 saturated heterocycles. The topological polar surface area (TPSA) is 114 Å². The lowest BCUT2D eigenvalue weighted by Crippen LogP contribution is -2.44. The van der Waals surface area contributed by atoms with Crippen LogP contribution in [0.3, 0.4) is 0 Å². The van der Waals surface area contributed by atoms with Crippen molar-refractivity contribution in [2.24, 2.45) is 0 Å². The number of amides is 1. The van der Waals surface area contributed by atoms with Gasteiger partial charge in [0.1, 0.15) is 0 Å². The van der Waals surface area contributed by atoms with Crippen LogP contribution in [-0.2, 0) is 0 Å². The summed E-state index contributed by atoms with van der Waals surface area (Å²) in [6.07, 6.45) is 1.53. The molecule has 27 heavy (non-hydrogen) atoms. The van der Waals surface area contributed by atoms with Crippen LogP contribution in [0.4, 0.5) is 11.4 Å². The first kappa shape index (κ1) is 17.0. The first-order chi connectivity index (χ1) is 13.1. The molecule has 0 aliphatic carbocycles. The molecule has 1 fully saturated rings. The van der Waals surface area contributed by atoms with E-state index in [-0.39, 0.29) is 23.2 Å². The van der Waals surface area contributed by atoms with Crippen molar-refractivity contribution in [1.29, 1.82) is 0 Å². The van der Waals surface area contributed by atoms with Crippen LogP contribution in [0.1, 0.15) is 23.2 Å². The molecule has 1 aliphatic heterocycles. The van der Waals surface area contributed by atoms with Gasteiger partial charge in [0.25, 0.3) is 5.91 Å². The van der Waals surface area contributed by atoms with Crippen molar-refractivity contribution < 1.29 is 14.3 Å². The molecule has 0 spiro atoms. The zero-order valence-electron chi connectivity index (χ0n) is 14.4. The van der Waals surface area contributed by atoms with Gasteiger partial charge < -0.3 is 10.2 Å². The lowest BCUT2D eigenvalue weighted by Gasteiger charge is -2.33. The second-order valence-electron chi connectivity index (χ2n) is 6.42. The lowest BCUT2D eigenvalue weighted by atomic mass is 10.0. The van der Waals surface area contributed by atoms with Gasteiger partial charge in [-0.15, -0.1) is 0 Å². The maximum atomic E-state index is 12.3. The zero-order valence-corrected chi connectivity index (χ0v) is 14.4. The van der Waals surface area contributed by atoms with Gasteiger partial charge in [-0.1, -0.05) is 18.2 Å². The van der Waals surface area contributed by atoms with Crippen molar-refractivity contribution in [1.82, 2.24) is 15.6 Å². The van der Waals surface area contributed by atoms with E-state index in [0.717, 1.165) is 18.5 Å². The molecule has 138 valence electrons. The normalized spacial score (nSPS) is 15.0. The van der Waals surface area contributed by atoms with E-state index in [9.17, 15) is 14.9 Å². The SMILES string of the molecule is O=C(NC1CCN(c2ccc([N+](=O)[O-])c3nonc23)CC1)c1ccccc1. The summed E-state index contributed by atoms with van der Waals surface area (Å²) in [5, 5.41) is 21.7. The quantitative estimate of drug-likeness (QED) is 0.556. The number of carbonyl (C=O) groups is 1. The fourth-order valence-corrected chi connectivity index (χ4v) is 3.37. The number of piperidine rings is 1. The number of hydrogen-bond acceptors (Lipinski definition) is 7. The number of fused-ring (bicyclic) bond motifs is 1. The van der Waals surface area contributed by atoms with Gasteiger partial charge in [0, 0.05) is 30.8 Å². The van der Waals surface area contributed by atoms with Crippen molar-refractivity contribution in [2.45, 2.75) is 18.9 Å². The fraction of sp³-hybridized carbons (Fsp3) is 0.278. The average Bonchev–Trinajstić information content (AvgIpc) is 3.18. The summed E-state index contributed by atoms with van der Waals surface area (Å²) in [6.45, 7) is 1.39. The van der Waals surface area contributed by atoms with Crippen LogP contribution in [-0.4, -0.2) is 40.3 Å². The van der Waals surface area contributed by atoms with Gasteiger partial charge in [0.15, 0.2) is 5.52 Å².